The zero-order chi connectivity index (χ0) is 20.1. The first kappa shape index (κ1) is 17.7. The molecule has 0 unspecified atom stereocenters. The highest BCUT2D eigenvalue weighted by Gasteiger charge is 2.26. The highest BCUT2D eigenvalue weighted by Crippen LogP contribution is 2.30. The van der Waals surface area contributed by atoms with Crippen LogP contribution >= 0.6 is 0 Å². The van der Waals surface area contributed by atoms with Crippen molar-refractivity contribution in [3.05, 3.63) is 70.3 Å². The summed E-state index contributed by atoms with van der Waals surface area (Å²) < 4.78 is 27.3. The molecule has 6 nitrogen and oxygen atoms in total. The second-order valence-electron chi connectivity index (χ2n) is 7.29. The maximum atomic E-state index is 14.1. The molecule has 0 spiro atoms. The number of fused-ring (bicyclic) bond motifs is 2. The second kappa shape index (κ2) is 6.58. The van der Waals surface area contributed by atoms with E-state index in [1.807, 2.05) is 19.1 Å². The molecule has 3 aromatic rings. The number of carbonyl (C=O) groups excluding carboxylic acids is 1. The number of halogens is 2. The topological polar surface area (TPSA) is 71.0 Å². The van der Waals surface area contributed by atoms with Crippen LogP contribution in [0.2, 0.25) is 0 Å². The fourth-order valence-electron chi connectivity index (χ4n) is 3.91. The molecule has 0 bridgehead atoms. The molecule has 1 N–H and O–H groups in total. The number of rotatable bonds is 2. The Bertz CT molecular complexity index is 1160. The van der Waals surface area contributed by atoms with Gasteiger partial charge >= 0.3 is 0 Å². The van der Waals surface area contributed by atoms with Crippen LogP contribution in [0.4, 0.5) is 14.6 Å². The Balaban J connectivity index is 1.49. The summed E-state index contributed by atoms with van der Waals surface area (Å²) in [7, 11) is 0. The van der Waals surface area contributed by atoms with Gasteiger partial charge in [0.05, 0.1) is 24.0 Å². The molecule has 0 aliphatic carbocycles. The summed E-state index contributed by atoms with van der Waals surface area (Å²) >= 11 is 0. The maximum Gasteiger partial charge on any atom is 0.253 e. The Labute approximate surface area is 165 Å². The normalized spacial score (nSPS) is 15.1. The van der Waals surface area contributed by atoms with Crippen molar-refractivity contribution in [3.63, 3.8) is 0 Å². The van der Waals surface area contributed by atoms with Gasteiger partial charge in [-0.15, -0.1) is 0 Å². The van der Waals surface area contributed by atoms with Gasteiger partial charge < -0.3 is 10.2 Å². The highest BCUT2D eigenvalue weighted by molar-refractivity contribution is 5.98. The van der Waals surface area contributed by atoms with Crippen LogP contribution in [-0.4, -0.2) is 27.4 Å². The quantitative estimate of drug-likeness (QED) is 0.725. The van der Waals surface area contributed by atoms with Crippen molar-refractivity contribution in [2.75, 3.05) is 11.4 Å². The number of amides is 1. The first-order valence-corrected chi connectivity index (χ1v) is 9.32. The van der Waals surface area contributed by atoms with Gasteiger partial charge in [-0.2, -0.15) is 0 Å². The molecular weight excluding hydrogens is 376 g/mol. The molecule has 0 aromatic carbocycles. The van der Waals surface area contributed by atoms with Gasteiger partial charge in [0.2, 0.25) is 0 Å². The van der Waals surface area contributed by atoms with Crippen molar-refractivity contribution < 1.29 is 13.6 Å². The van der Waals surface area contributed by atoms with Crippen LogP contribution < -0.4 is 10.2 Å². The van der Waals surface area contributed by atoms with E-state index in [-0.39, 0.29) is 11.6 Å². The van der Waals surface area contributed by atoms with E-state index in [2.05, 4.69) is 20.2 Å². The van der Waals surface area contributed by atoms with Gasteiger partial charge in [0, 0.05) is 43.0 Å². The van der Waals surface area contributed by atoms with Crippen molar-refractivity contribution in [1.29, 1.82) is 0 Å². The average molecular weight is 393 g/mol. The van der Waals surface area contributed by atoms with Gasteiger partial charge in [-0.3, -0.25) is 14.8 Å². The highest BCUT2D eigenvalue weighted by atomic mass is 19.1. The fourth-order valence-corrected chi connectivity index (χ4v) is 3.91. The zero-order valence-electron chi connectivity index (χ0n) is 15.7. The van der Waals surface area contributed by atoms with E-state index in [1.165, 1.54) is 0 Å². The number of hydrogen-bond donors (Lipinski definition) is 1. The van der Waals surface area contributed by atoms with Crippen LogP contribution in [0.1, 0.15) is 32.9 Å². The fraction of sp³-hybridized carbons (Fsp3) is 0.238. The number of hydrogen-bond acceptors (Lipinski definition) is 5. The van der Waals surface area contributed by atoms with Crippen molar-refractivity contribution in [3.8, 4) is 11.3 Å². The third-order valence-corrected chi connectivity index (χ3v) is 5.35. The molecule has 0 fully saturated rings. The van der Waals surface area contributed by atoms with Gasteiger partial charge in [0.1, 0.15) is 17.3 Å². The van der Waals surface area contributed by atoms with E-state index in [1.54, 1.807) is 6.20 Å². The summed E-state index contributed by atoms with van der Waals surface area (Å²) in [5, 5.41) is 2.79. The number of nitrogens with one attached hydrogen (secondary N) is 1. The standard InChI is InChI=1S/C21H17F2N5O/c1-11-4-15-18(9-26-21(15)29)27-20(11)28-3-2-17-13(10-28)5-12(7-24-17)19-16(23)6-14(22)8-25-19/h4-8H,2-3,9-10H2,1H3,(H,26,29). The number of nitrogens with zero attached hydrogens (tertiary/aromatic N) is 4. The molecule has 29 heavy (non-hydrogen) atoms. The Kier molecular flexibility index (Phi) is 4.01. The lowest BCUT2D eigenvalue weighted by Gasteiger charge is -2.30. The van der Waals surface area contributed by atoms with Gasteiger partial charge in [-0.05, 0) is 30.2 Å². The summed E-state index contributed by atoms with van der Waals surface area (Å²) in [4.78, 5) is 27.1. The Hall–Kier alpha value is -3.42. The van der Waals surface area contributed by atoms with E-state index >= 15 is 0 Å². The minimum absolute atomic E-state index is 0.0789. The summed E-state index contributed by atoms with van der Waals surface area (Å²) in [5.74, 6) is -0.682. The molecular formula is C21H17F2N5O. The molecule has 2 aliphatic rings. The van der Waals surface area contributed by atoms with Gasteiger partial charge in [0.15, 0.2) is 5.82 Å². The predicted octanol–water partition coefficient (Wildman–Crippen LogP) is 2.93. The lowest BCUT2D eigenvalue weighted by atomic mass is 10.0. The minimum atomic E-state index is -0.715. The molecule has 5 heterocycles. The lowest BCUT2D eigenvalue weighted by Crippen LogP contribution is -2.32. The molecule has 0 atom stereocenters. The number of aryl methyl sites for hydroxylation is 1. The van der Waals surface area contributed by atoms with Gasteiger partial charge in [-0.1, -0.05) is 0 Å². The second-order valence-corrected chi connectivity index (χ2v) is 7.29. The molecule has 8 heteroatoms. The Morgan fingerprint density at radius 3 is 2.79 bits per heavy atom. The van der Waals surface area contributed by atoms with Crippen LogP contribution in [-0.2, 0) is 19.5 Å². The smallest absolute Gasteiger partial charge is 0.253 e. The van der Waals surface area contributed by atoms with Gasteiger partial charge in [0.25, 0.3) is 5.91 Å². The predicted molar refractivity (Wildman–Crippen MR) is 102 cm³/mol. The van der Waals surface area contributed by atoms with E-state index in [4.69, 9.17) is 4.98 Å². The SMILES string of the molecule is Cc1cc2c(nc1N1CCc3ncc(-c4ncc(F)cc4F)cc3C1)CNC2=O. The van der Waals surface area contributed by atoms with E-state index in [0.717, 1.165) is 53.6 Å². The largest absolute Gasteiger partial charge is 0.352 e. The average Bonchev–Trinajstić information content (AvgIpc) is 3.06. The molecule has 0 saturated carbocycles. The van der Waals surface area contributed by atoms with E-state index in [0.29, 0.717) is 24.2 Å². The Morgan fingerprint density at radius 1 is 1.10 bits per heavy atom. The van der Waals surface area contributed by atoms with Crippen LogP contribution in [0.15, 0.2) is 30.6 Å². The molecule has 2 aliphatic heterocycles. The first-order valence-electron chi connectivity index (χ1n) is 9.32. The molecule has 1 amide bonds. The number of carbonyl (C=O) groups is 1. The molecule has 146 valence electrons. The van der Waals surface area contributed by atoms with Crippen molar-refractivity contribution in [2.24, 2.45) is 0 Å². The summed E-state index contributed by atoms with van der Waals surface area (Å²) in [5.41, 5.74) is 4.81. The molecule has 5 rings (SSSR count). The van der Waals surface area contributed by atoms with Crippen molar-refractivity contribution in [1.82, 2.24) is 20.3 Å². The summed E-state index contributed by atoms with van der Waals surface area (Å²) in [6, 6.07) is 4.55. The number of pyridine rings is 3. The first-order chi connectivity index (χ1) is 14.0. The van der Waals surface area contributed by atoms with Crippen LogP contribution in [0.25, 0.3) is 11.3 Å². The van der Waals surface area contributed by atoms with E-state index < -0.39 is 11.6 Å². The molecule has 3 aromatic heterocycles. The minimum Gasteiger partial charge on any atom is -0.352 e. The third kappa shape index (κ3) is 3.00. The molecule has 0 saturated heterocycles. The van der Waals surface area contributed by atoms with Gasteiger partial charge in [-0.25, -0.2) is 13.8 Å². The summed E-state index contributed by atoms with van der Waals surface area (Å²) in [6.45, 7) is 3.69. The van der Waals surface area contributed by atoms with E-state index in [9.17, 15) is 13.6 Å². The Morgan fingerprint density at radius 2 is 1.97 bits per heavy atom. The van der Waals surface area contributed by atoms with Crippen LogP contribution in [0.5, 0.6) is 0 Å². The zero-order valence-corrected chi connectivity index (χ0v) is 15.7. The summed E-state index contributed by atoms with van der Waals surface area (Å²) in [6.07, 6.45) is 3.30. The number of aromatic nitrogens is 3. The molecule has 0 radical (unpaired) electrons. The van der Waals surface area contributed by atoms with Crippen LogP contribution in [0, 0.1) is 18.6 Å². The monoisotopic (exact) mass is 393 g/mol. The third-order valence-electron chi connectivity index (χ3n) is 5.35. The van der Waals surface area contributed by atoms with Crippen molar-refractivity contribution >= 4 is 11.7 Å². The number of anilines is 1. The van der Waals surface area contributed by atoms with Crippen molar-refractivity contribution in [2.45, 2.75) is 26.4 Å². The van der Waals surface area contributed by atoms with Crippen LogP contribution in [0.3, 0.4) is 0 Å². The lowest BCUT2D eigenvalue weighted by molar-refractivity contribution is 0.0965. The maximum absolute atomic E-state index is 14.1.